The van der Waals surface area contributed by atoms with Gasteiger partial charge in [-0.25, -0.2) is 4.98 Å². The van der Waals surface area contributed by atoms with Crippen LogP contribution in [-0.4, -0.2) is 11.1 Å². The summed E-state index contributed by atoms with van der Waals surface area (Å²) in [7, 11) is 0. The van der Waals surface area contributed by atoms with E-state index >= 15 is 0 Å². The number of rotatable bonds is 4. The summed E-state index contributed by atoms with van der Waals surface area (Å²) in [5.74, 6) is 0.886. The van der Waals surface area contributed by atoms with Gasteiger partial charge in [-0.1, -0.05) is 0 Å². The van der Waals surface area contributed by atoms with Crippen molar-refractivity contribution >= 4 is 11.3 Å². The lowest BCUT2D eigenvalue weighted by Gasteiger charge is -2.09. The van der Waals surface area contributed by atoms with Crippen molar-refractivity contribution in [2.45, 2.75) is 32.9 Å². The number of benzene rings is 1. The first-order chi connectivity index (χ1) is 8.56. The van der Waals surface area contributed by atoms with Crippen LogP contribution in [-0.2, 0) is 0 Å². The highest BCUT2D eigenvalue weighted by molar-refractivity contribution is 7.10. The minimum absolute atomic E-state index is 0.00713. The van der Waals surface area contributed by atoms with Crippen LogP contribution in [0.3, 0.4) is 0 Å². The van der Waals surface area contributed by atoms with E-state index in [1.807, 2.05) is 50.4 Å². The zero-order chi connectivity index (χ0) is 13.1. The van der Waals surface area contributed by atoms with Crippen LogP contribution in [0.25, 0.3) is 11.3 Å². The minimum Gasteiger partial charge on any atom is -0.491 e. The van der Waals surface area contributed by atoms with E-state index in [1.54, 1.807) is 11.3 Å². The number of hydrogen-bond donors (Lipinski definition) is 1. The summed E-state index contributed by atoms with van der Waals surface area (Å²) >= 11 is 1.60. The molecule has 0 fully saturated rings. The van der Waals surface area contributed by atoms with Crippen LogP contribution >= 0.6 is 11.3 Å². The Morgan fingerprint density at radius 3 is 2.33 bits per heavy atom. The van der Waals surface area contributed by atoms with Gasteiger partial charge < -0.3 is 10.5 Å². The van der Waals surface area contributed by atoms with Crippen LogP contribution in [0.1, 0.15) is 31.8 Å². The highest BCUT2D eigenvalue weighted by Crippen LogP contribution is 2.26. The molecule has 1 unspecified atom stereocenters. The predicted octanol–water partition coefficient (Wildman–Crippen LogP) is 3.62. The fourth-order valence-electron chi connectivity index (χ4n) is 1.61. The maximum absolute atomic E-state index is 5.81. The second-order valence-corrected chi connectivity index (χ2v) is 5.44. The largest absolute Gasteiger partial charge is 0.491 e. The van der Waals surface area contributed by atoms with Crippen LogP contribution < -0.4 is 10.5 Å². The maximum atomic E-state index is 5.81. The Hall–Kier alpha value is -1.39. The number of nitrogens with zero attached hydrogens (tertiary/aromatic N) is 1. The number of nitrogens with two attached hydrogens (primary N) is 1. The highest BCUT2D eigenvalue weighted by atomic mass is 32.1. The lowest BCUT2D eigenvalue weighted by Crippen LogP contribution is -2.05. The summed E-state index contributed by atoms with van der Waals surface area (Å²) in [6.07, 6.45) is 0.194. The molecule has 0 saturated heterocycles. The summed E-state index contributed by atoms with van der Waals surface area (Å²) in [5.41, 5.74) is 7.88. The molecule has 0 saturated carbocycles. The van der Waals surface area contributed by atoms with Gasteiger partial charge in [-0.15, -0.1) is 11.3 Å². The number of ether oxygens (including phenoxy) is 1. The molecule has 0 aliphatic rings. The number of hydrogen-bond acceptors (Lipinski definition) is 4. The van der Waals surface area contributed by atoms with Gasteiger partial charge >= 0.3 is 0 Å². The van der Waals surface area contributed by atoms with Crippen molar-refractivity contribution in [1.82, 2.24) is 4.98 Å². The monoisotopic (exact) mass is 262 g/mol. The molecule has 18 heavy (non-hydrogen) atoms. The van der Waals surface area contributed by atoms with Crippen LogP contribution in [0, 0.1) is 0 Å². The van der Waals surface area contributed by atoms with Gasteiger partial charge in [-0.3, -0.25) is 0 Å². The topological polar surface area (TPSA) is 48.1 Å². The second kappa shape index (κ2) is 5.50. The van der Waals surface area contributed by atoms with Gasteiger partial charge in [0.1, 0.15) is 10.8 Å². The average molecular weight is 262 g/mol. The fourth-order valence-corrected chi connectivity index (χ4v) is 2.39. The van der Waals surface area contributed by atoms with Crippen LogP contribution in [0.2, 0.25) is 0 Å². The smallest absolute Gasteiger partial charge is 0.119 e. The SMILES string of the molecule is CC(C)Oc1ccc(-c2csc(C(C)N)n2)cc1. The van der Waals surface area contributed by atoms with Crippen molar-refractivity contribution in [3.8, 4) is 17.0 Å². The van der Waals surface area contributed by atoms with E-state index in [4.69, 9.17) is 10.5 Å². The lowest BCUT2D eigenvalue weighted by atomic mass is 10.2. The molecular weight excluding hydrogens is 244 g/mol. The second-order valence-electron chi connectivity index (χ2n) is 4.55. The maximum Gasteiger partial charge on any atom is 0.119 e. The van der Waals surface area contributed by atoms with E-state index in [0.29, 0.717) is 0 Å². The molecule has 0 amide bonds. The van der Waals surface area contributed by atoms with Crippen molar-refractivity contribution in [2.24, 2.45) is 5.73 Å². The van der Waals surface area contributed by atoms with Gasteiger partial charge in [0.15, 0.2) is 0 Å². The Bertz CT molecular complexity index is 503. The molecule has 1 aromatic heterocycles. The van der Waals surface area contributed by atoms with Gasteiger partial charge in [0, 0.05) is 10.9 Å². The molecular formula is C14H18N2OS. The Morgan fingerprint density at radius 1 is 1.17 bits per heavy atom. The van der Waals surface area contributed by atoms with Crippen molar-refractivity contribution in [3.63, 3.8) is 0 Å². The van der Waals surface area contributed by atoms with Crippen LogP contribution in [0.4, 0.5) is 0 Å². The molecule has 0 aliphatic carbocycles. The molecule has 0 aliphatic heterocycles. The highest BCUT2D eigenvalue weighted by Gasteiger charge is 2.08. The fraction of sp³-hybridized carbons (Fsp3) is 0.357. The molecule has 2 N–H and O–H groups in total. The van der Waals surface area contributed by atoms with Gasteiger partial charge in [0.2, 0.25) is 0 Å². The van der Waals surface area contributed by atoms with Crippen molar-refractivity contribution in [2.75, 3.05) is 0 Å². The van der Waals surface area contributed by atoms with Crippen LogP contribution in [0.15, 0.2) is 29.6 Å². The molecule has 2 aromatic rings. The molecule has 0 spiro atoms. The zero-order valence-corrected chi connectivity index (χ0v) is 11.7. The summed E-state index contributed by atoms with van der Waals surface area (Å²) in [4.78, 5) is 4.52. The molecule has 2 rings (SSSR count). The predicted molar refractivity (Wildman–Crippen MR) is 75.9 cm³/mol. The quantitative estimate of drug-likeness (QED) is 0.915. The number of thiazole rings is 1. The standard InChI is InChI=1S/C14H18N2OS/c1-9(2)17-12-6-4-11(5-7-12)13-8-18-14(16-13)10(3)15/h4-10H,15H2,1-3H3. The van der Waals surface area contributed by atoms with E-state index in [9.17, 15) is 0 Å². The Labute approximate surface area is 112 Å². The third-order valence-electron chi connectivity index (χ3n) is 2.43. The Morgan fingerprint density at radius 2 is 1.83 bits per heavy atom. The van der Waals surface area contributed by atoms with Gasteiger partial charge in [-0.05, 0) is 45.0 Å². The van der Waals surface area contributed by atoms with Gasteiger partial charge in [0.25, 0.3) is 0 Å². The summed E-state index contributed by atoms with van der Waals surface area (Å²) in [6.45, 7) is 5.98. The van der Waals surface area contributed by atoms with Crippen molar-refractivity contribution in [3.05, 3.63) is 34.7 Å². The van der Waals surface area contributed by atoms with E-state index in [1.165, 1.54) is 0 Å². The third kappa shape index (κ3) is 3.09. The Balaban J connectivity index is 2.17. The van der Waals surface area contributed by atoms with E-state index in [2.05, 4.69) is 4.98 Å². The first-order valence-electron chi connectivity index (χ1n) is 6.04. The third-order valence-corrected chi connectivity index (χ3v) is 3.48. The molecule has 1 atom stereocenters. The first kappa shape index (κ1) is 13.1. The molecule has 96 valence electrons. The Kier molecular flexibility index (Phi) is 3.99. The molecule has 4 heteroatoms. The zero-order valence-electron chi connectivity index (χ0n) is 10.9. The van der Waals surface area contributed by atoms with Crippen molar-refractivity contribution < 1.29 is 4.74 Å². The van der Waals surface area contributed by atoms with Gasteiger partial charge in [-0.2, -0.15) is 0 Å². The normalized spacial score (nSPS) is 12.7. The molecule has 1 heterocycles. The van der Waals surface area contributed by atoms with E-state index < -0.39 is 0 Å². The van der Waals surface area contributed by atoms with Gasteiger partial charge in [0.05, 0.1) is 17.8 Å². The first-order valence-corrected chi connectivity index (χ1v) is 6.92. The summed E-state index contributed by atoms with van der Waals surface area (Å²) in [6, 6.07) is 7.99. The molecule has 0 bridgehead atoms. The van der Waals surface area contributed by atoms with Crippen molar-refractivity contribution in [1.29, 1.82) is 0 Å². The van der Waals surface area contributed by atoms with Crippen LogP contribution in [0.5, 0.6) is 5.75 Å². The molecule has 3 nitrogen and oxygen atoms in total. The lowest BCUT2D eigenvalue weighted by molar-refractivity contribution is 0.242. The number of aromatic nitrogens is 1. The summed E-state index contributed by atoms with van der Waals surface area (Å²) < 4.78 is 5.61. The molecule has 1 aromatic carbocycles. The summed E-state index contributed by atoms with van der Waals surface area (Å²) in [5, 5.41) is 3.00. The van der Waals surface area contributed by atoms with E-state index in [0.717, 1.165) is 22.0 Å². The minimum atomic E-state index is -0.00713. The molecule has 0 radical (unpaired) electrons. The average Bonchev–Trinajstić information content (AvgIpc) is 2.78. The van der Waals surface area contributed by atoms with E-state index in [-0.39, 0.29) is 12.1 Å².